The van der Waals surface area contributed by atoms with Crippen LogP contribution in [-0.4, -0.2) is 40.4 Å². The van der Waals surface area contributed by atoms with Gasteiger partial charge in [0.05, 0.1) is 23.3 Å². The molecule has 0 aliphatic rings. The first kappa shape index (κ1) is 29.5. The van der Waals surface area contributed by atoms with E-state index in [9.17, 15) is 4.79 Å². The molecule has 0 amide bonds. The molecule has 1 aromatic heterocycles. The second kappa shape index (κ2) is 14.7. The number of rotatable bonds is 11. The van der Waals surface area contributed by atoms with Gasteiger partial charge in [0, 0.05) is 33.4 Å². The van der Waals surface area contributed by atoms with Crippen molar-refractivity contribution in [2.45, 2.75) is 31.2 Å². The van der Waals surface area contributed by atoms with Crippen LogP contribution < -0.4 is 5.73 Å². The Kier molecular flexibility index (Phi) is 12.8. The van der Waals surface area contributed by atoms with Gasteiger partial charge in [-0.05, 0) is 55.5 Å². The largest absolute Gasteiger partial charge is 0.480 e. The van der Waals surface area contributed by atoms with E-state index in [0.29, 0.717) is 29.7 Å². The Morgan fingerprint density at radius 3 is 2.53 bits per heavy atom. The Labute approximate surface area is 223 Å². The van der Waals surface area contributed by atoms with Crippen LogP contribution in [0.25, 0.3) is 10.9 Å². The molecule has 186 valence electrons. The summed E-state index contributed by atoms with van der Waals surface area (Å²) in [5.74, 6) is -0.972. The maximum Gasteiger partial charge on any atom is 0.320 e. The van der Waals surface area contributed by atoms with Crippen molar-refractivity contribution in [3.8, 4) is 0 Å². The third kappa shape index (κ3) is 9.37. The number of thioether (sulfide) groups is 1. The van der Waals surface area contributed by atoms with Crippen LogP contribution >= 0.6 is 52.0 Å². The molecule has 0 aliphatic carbocycles. The minimum absolute atomic E-state index is 0.347. The minimum Gasteiger partial charge on any atom is -0.480 e. The van der Waals surface area contributed by atoms with Crippen molar-refractivity contribution in [3.05, 3.63) is 64.3 Å². The van der Waals surface area contributed by atoms with Gasteiger partial charge in [0.1, 0.15) is 6.04 Å². The van der Waals surface area contributed by atoms with Crippen molar-refractivity contribution >= 4 is 80.7 Å². The van der Waals surface area contributed by atoms with Crippen molar-refractivity contribution in [2.24, 2.45) is 5.73 Å². The van der Waals surface area contributed by atoms with Gasteiger partial charge in [-0.3, -0.25) is 4.79 Å². The molecule has 0 aliphatic heterocycles. The van der Waals surface area contributed by atoms with Crippen molar-refractivity contribution in [1.29, 1.82) is 0 Å². The fourth-order valence-corrected chi connectivity index (χ4v) is 10.3. The van der Waals surface area contributed by atoms with Crippen LogP contribution in [0.15, 0.2) is 53.6 Å². The Hall–Kier alpha value is -0.740. The maximum atomic E-state index is 10.6. The molecule has 6 nitrogen and oxygen atoms in total. The topological polar surface area (TPSA) is 97.6 Å². The van der Waals surface area contributed by atoms with E-state index in [4.69, 9.17) is 54.9 Å². The van der Waals surface area contributed by atoms with Crippen LogP contribution in [0.2, 0.25) is 10.0 Å². The van der Waals surface area contributed by atoms with Crippen LogP contribution in [0.4, 0.5) is 0 Å². The first-order valence-electron chi connectivity index (χ1n) is 10.3. The summed E-state index contributed by atoms with van der Waals surface area (Å²) in [6.45, 7) is 4.96. The molecule has 0 radical (unpaired) electrons. The smallest absolute Gasteiger partial charge is 0.320 e. The number of aliphatic carboxylic acids is 1. The maximum absolute atomic E-state index is 10.6. The van der Waals surface area contributed by atoms with E-state index in [-0.39, 0.29) is 0 Å². The van der Waals surface area contributed by atoms with Gasteiger partial charge in [-0.25, -0.2) is 0 Å². The number of para-hydroxylation sites is 1. The molecule has 4 N–H and O–H groups in total. The summed E-state index contributed by atoms with van der Waals surface area (Å²) in [5.41, 5.74) is 5.20. The number of halogens is 2. The number of carbonyl (C=O) groups is 1. The quantitative estimate of drug-likeness (QED) is 0.124. The van der Waals surface area contributed by atoms with E-state index in [2.05, 4.69) is 4.98 Å². The number of hydrogen-bond acceptors (Lipinski definition) is 7. The average molecular weight is 582 g/mol. The highest BCUT2D eigenvalue weighted by Gasteiger charge is 2.19. The number of hydrogen-bond donors (Lipinski definition) is 3. The van der Waals surface area contributed by atoms with E-state index < -0.39 is 17.7 Å². The molecule has 0 fully saturated rings. The molecular weight excluding hydrogens is 554 g/mol. The highest BCUT2D eigenvalue weighted by molar-refractivity contribution is 8.69. The van der Waals surface area contributed by atoms with Gasteiger partial charge in [-0.2, -0.15) is 0 Å². The lowest BCUT2D eigenvalue weighted by Crippen LogP contribution is -2.32. The van der Waals surface area contributed by atoms with Crippen molar-refractivity contribution in [2.75, 3.05) is 18.3 Å². The van der Waals surface area contributed by atoms with E-state index in [0.717, 1.165) is 26.4 Å². The first-order chi connectivity index (χ1) is 16.2. The number of benzene rings is 2. The normalized spacial score (nSPS) is 12.3. The number of aromatic amines is 1. The third-order valence-electron chi connectivity index (χ3n) is 4.32. The predicted octanol–water partition coefficient (Wildman–Crippen LogP) is 7.20. The lowest BCUT2D eigenvalue weighted by molar-refractivity contribution is -0.138. The summed E-state index contributed by atoms with van der Waals surface area (Å²) in [6.07, 6.45) is 2.16. The number of aromatic nitrogens is 1. The number of carboxylic acids is 1. The number of H-pyrrole nitrogens is 1. The van der Waals surface area contributed by atoms with E-state index in [1.54, 1.807) is 23.9 Å². The number of fused-ring (bicyclic) bond motifs is 1. The van der Waals surface area contributed by atoms with Gasteiger partial charge in [0.15, 0.2) is 0 Å². The molecular formula is C22H27Cl2N2O4PS3. The van der Waals surface area contributed by atoms with Gasteiger partial charge >= 0.3 is 5.97 Å². The van der Waals surface area contributed by atoms with Crippen LogP contribution in [0.3, 0.4) is 0 Å². The summed E-state index contributed by atoms with van der Waals surface area (Å²) in [4.78, 5) is 14.7. The number of nitrogens with two attached hydrogens (primary N) is 1. The highest BCUT2D eigenvalue weighted by Crippen LogP contribution is 2.62. The van der Waals surface area contributed by atoms with Gasteiger partial charge in [-0.1, -0.05) is 52.8 Å². The molecule has 0 spiro atoms. The zero-order valence-electron chi connectivity index (χ0n) is 18.7. The zero-order valence-corrected chi connectivity index (χ0v) is 23.6. The monoisotopic (exact) mass is 580 g/mol. The second-order valence-corrected chi connectivity index (χ2v) is 15.3. The molecule has 3 aromatic rings. The molecule has 12 heteroatoms. The van der Waals surface area contributed by atoms with Crippen molar-refractivity contribution in [1.82, 2.24) is 4.98 Å². The SMILES string of the molecule is CCOP(=S)(OCC)SCSc1cc(Cl)ccc1Cl.NC(Cc1c[nH]c2ccccc12)C(=O)O. The highest BCUT2D eigenvalue weighted by atomic mass is 35.5. The Balaban J connectivity index is 0.000000246. The van der Waals surface area contributed by atoms with Crippen molar-refractivity contribution in [3.63, 3.8) is 0 Å². The Bertz CT molecular complexity index is 1120. The van der Waals surface area contributed by atoms with Crippen LogP contribution in [0, 0.1) is 0 Å². The van der Waals surface area contributed by atoms with E-state index >= 15 is 0 Å². The van der Waals surface area contributed by atoms with Crippen LogP contribution in [-0.2, 0) is 32.1 Å². The lowest BCUT2D eigenvalue weighted by atomic mass is 10.1. The van der Waals surface area contributed by atoms with Gasteiger partial charge in [0.2, 0.25) is 5.69 Å². The standard InChI is InChI=1S/C11H15Cl2O2PS3.C11H12N2O2/c1-3-14-16(17,15-4-2)19-8-18-11-7-9(12)5-6-10(11)13;12-9(11(14)15)5-7-6-13-10-4-2-1-3-8(7)10/h5-7H,3-4,8H2,1-2H3;1-4,6,9,13H,5,12H2,(H,14,15). The van der Waals surface area contributed by atoms with Gasteiger partial charge < -0.3 is 24.9 Å². The minimum atomic E-state index is -2.23. The van der Waals surface area contributed by atoms with E-state index in [1.165, 1.54) is 11.4 Å². The van der Waals surface area contributed by atoms with Crippen LogP contribution in [0.5, 0.6) is 0 Å². The molecule has 1 unspecified atom stereocenters. The van der Waals surface area contributed by atoms with Gasteiger partial charge in [-0.15, -0.1) is 11.8 Å². The molecule has 2 aromatic carbocycles. The van der Waals surface area contributed by atoms with Crippen molar-refractivity contribution < 1.29 is 18.9 Å². The fourth-order valence-electron chi connectivity index (χ4n) is 2.79. The average Bonchev–Trinajstić information content (AvgIpc) is 3.20. The second-order valence-electron chi connectivity index (χ2n) is 6.76. The molecule has 1 heterocycles. The Morgan fingerprint density at radius 2 is 1.88 bits per heavy atom. The molecule has 3 rings (SSSR count). The number of nitrogens with one attached hydrogen (secondary N) is 1. The summed E-state index contributed by atoms with van der Waals surface area (Å²) < 4.78 is 11.1. The summed E-state index contributed by atoms with van der Waals surface area (Å²) >= 11 is 20.6. The first-order valence-corrected chi connectivity index (χ1v) is 16.3. The third-order valence-corrected chi connectivity index (χ3v) is 12.1. The van der Waals surface area contributed by atoms with E-state index in [1.807, 2.05) is 50.4 Å². The number of carboxylic acid groups (broad SMARTS) is 1. The summed E-state index contributed by atoms with van der Waals surface area (Å²) in [5, 5.41) is 11.8. The van der Waals surface area contributed by atoms with Gasteiger partial charge in [0.25, 0.3) is 0 Å². The summed E-state index contributed by atoms with van der Waals surface area (Å²) in [7, 11) is 0. The fraction of sp³-hybridized carbons (Fsp3) is 0.318. The summed E-state index contributed by atoms with van der Waals surface area (Å²) in [6, 6.07) is 12.3. The molecule has 34 heavy (non-hydrogen) atoms. The zero-order chi connectivity index (χ0) is 25.1. The molecule has 1 atom stereocenters. The van der Waals surface area contributed by atoms with Crippen LogP contribution in [0.1, 0.15) is 19.4 Å². The lowest BCUT2D eigenvalue weighted by Gasteiger charge is -2.19. The molecule has 0 saturated heterocycles. The Morgan fingerprint density at radius 1 is 1.21 bits per heavy atom. The molecule has 0 saturated carbocycles. The predicted molar refractivity (Wildman–Crippen MR) is 150 cm³/mol. The molecule has 0 bridgehead atoms.